The lowest BCUT2D eigenvalue weighted by Crippen LogP contribution is -2.01. The van der Waals surface area contributed by atoms with Crippen molar-refractivity contribution >= 4 is 21.8 Å². The molecule has 0 spiro atoms. The summed E-state index contributed by atoms with van der Waals surface area (Å²) < 4.78 is 2.41. The van der Waals surface area contributed by atoms with Gasteiger partial charge in [0.05, 0.1) is 17.4 Å². The highest BCUT2D eigenvalue weighted by atomic mass is 15.0. The third-order valence-corrected chi connectivity index (χ3v) is 5.66. The predicted molar refractivity (Wildman–Crippen MR) is 122 cm³/mol. The number of aromatic nitrogens is 2. The molecule has 142 valence electrons. The Kier molecular flexibility index (Phi) is 4.40. The molecule has 2 nitrogen and oxygen atoms in total. The Hall–Kier alpha value is -3.39. The molecule has 0 saturated carbocycles. The topological polar surface area (TPSA) is 17.8 Å². The standard InChI is InChI=1S/C27H24N2/c1-19(2)25-26-22-15-9-10-16-23(22)29(18-20-11-5-3-6-12-20)24(26)17-28-27(25)21-13-7-4-8-14-21/h3-17,19H,18H2,1-2H3. The van der Waals surface area contributed by atoms with Crippen molar-refractivity contribution in [2.45, 2.75) is 26.3 Å². The van der Waals surface area contributed by atoms with Gasteiger partial charge in [0.1, 0.15) is 0 Å². The van der Waals surface area contributed by atoms with Crippen LogP contribution in [0.1, 0.15) is 30.9 Å². The van der Waals surface area contributed by atoms with Crippen LogP contribution in [0, 0.1) is 0 Å². The Morgan fingerprint density at radius 1 is 0.759 bits per heavy atom. The average molecular weight is 377 g/mol. The van der Waals surface area contributed by atoms with Crippen LogP contribution in [-0.4, -0.2) is 9.55 Å². The molecule has 0 bridgehead atoms. The van der Waals surface area contributed by atoms with E-state index in [1.54, 1.807) is 0 Å². The maximum absolute atomic E-state index is 4.98. The second-order valence-corrected chi connectivity index (χ2v) is 7.89. The Bertz CT molecular complexity index is 1280. The number of pyridine rings is 1. The minimum absolute atomic E-state index is 0.373. The van der Waals surface area contributed by atoms with Crippen molar-refractivity contribution in [3.63, 3.8) is 0 Å². The molecule has 29 heavy (non-hydrogen) atoms. The van der Waals surface area contributed by atoms with Gasteiger partial charge in [-0.1, -0.05) is 92.7 Å². The van der Waals surface area contributed by atoms with Crippen molar-refractivity contribution < 1.29 is 0 Å². The summed E-state index contributed by atoms with van der Waals surface area (Å²) in [5.74, 6) is 0.373. The maximum atomic E-state index is 4.98. The number of benzene rings is 3. The van der Waals surface area contributed by atoms with E-state index in [1.165, 1.54) is 38.5 Å². The molecule has 0 fully saturated rings. The number of hydrogen-bond donors (Lipinski definition) is 0. The third kappa shape index (κ3) is 3.01. The first kappa shape index (κ1) is 17.7. The Balaban J connectivity index is 1.85. The van der Waals surface area contributed by atoms with Gasteiger partial charge in [-0.05, 0) is 23.1 Å². The summed E-state index contributed by atoms with van der Waals surface area (Å²) in [4.78, 5) is 4.98. The zero-order chi connectivity index (χ0) is 19.8. The monoisotopic (exact) mass is 376 g/mol. The van der Waals surface area contributed by atoms with Gasteiger partial charge in [-0.3, -0.25) is 4.98 Å². The van der Waals surface area contributed by atoms with E-state index in [4.69, 9.17) is 4.98 Å². The quantitative estimate of drug-likeness (QED) is 0.329. The van der Waals surface area contributed by atoms with E-state index >= 15 is 0 Å². The first-order valence-corrected chi connectivity index (χ1v) is 10.2. The van der Waals surface area contributed by atoms with Gasteiger partial charge in [0, 0.05) is 28.4 Å². The fourth-order valence-corrected chi connectivity index (χ4v) is 4.38. The second kappa shape index (κ2) is 7.21. The smallest absolute Gasteiger partial charge is 0.0744 e. The molecule has 3 aromatic carbocycles. The van der Waals surface area contributed by atoms with Crippen LogP contribution in [0.25, 0.3) is 33.1 Å². The first-order chi connectivity index (χ1) is 14.2. The van der Waals surface area contributed by atoms with Gasteiger partial charge in [0.25, 0.3) is 0 Å². The molecule has 0 N–H and O–H groups in total. The molecule has 5 rings (SSSR count). The van der Waals surface area contributed by atoms with Crippen molar-refractivity contribution in [2.24, 2.45) is 0 Å². The molecular formula is C27H24N2. The molecule has 0 unspecified atom stereocenters. The van der Waals surface area contributed by atoms with Crippen LogP contribution < -0.4 is 0 Å². The highest BCUT2D eigenvalue weighted by Gasteiger charge is 2.20. The number of nitrogens with zero attached hydrogens (tertiary/aromatic N) is 2. The first-order valence-electron chi connectivity index (χ1n) is 10.2. The van der Waals surface area contributed by atoms with E-state index in [1.807, 2.05) is 0 Å². The van der Waals surface area contributed by atoms with Crippen LogP contribution in [0.4, 0.5) is 0 Å². The number of hydrogen-bond acceptors (Lipinski definition) is 1. The summed E-state index contributed by atoms with van der Waals surface area (Å²) in [7, 11) is 0. The van der Waals surface area contributed by atoms with Gasteiger partial charge in [-0.25, -0.2) is 0 Å². The number of para-hydroxylation sites is 1. The zero-order valence-electron chi connectivity index (χ0n) is 16.8. The van der Waals surface area contributed by atoms with Gasteiger partial charge in [-0.15, -0.1) is 0 Å². The Morgan fingerprint density at radius 3 is 2.14 bits per heavy atom. The average Bonchev–Trinajstić information content (AvgIpc) is 3.08. The van der Waals surface area contributed by atoms with Crippen molar-refractivity contribution in [1.82, 2.24) is 9.55 Å². The second-order valence-electron chi connectivity index (χ2n) is 7.89. The van der Waals surface area contributed by atoms with Gasteiger partial charge in [0.15, 0.2) is 0 Å². The van der Waals surface area contributed by atoms with E-state index in [0.717, 1.165) is 12.2 Å². The fourth-order valence-electron chi connectivity index (χ4n) is 4.38. The van der Waals surface area contributed by atoms with Crippen LogP contribution in [0.15, 0.2) is 91.1 Å². The molecule has 0 saturated heterocycles. The van der Waals surface area contributed by atoms with Crippen LogP contribution in [0.3, 0.4) is 0 Å². The van der Waals surface area contributed by atoms with E-state index < -0.39 is 0 Å². The normalized spacial score (nSPS) is 11.6. The zero-order valence-corrected chi connectivity index (χ0v) is 16.8. The van der Waals surface area contributed by atoms with Crippen LogP contribution in [0.5, 0.6) is 0 Å². The number of fused-ring (bicyclic) bond motifs is 3. The van der Waals surface area contributed by atoms with E-state index in [2.05, 4.69) is 110 Å². The van der Waals surface area contributed by atoms with Crippen molar-refractivity contribution in [3.05, 3.63) is 102 Å². The molecule has 0 radical (unpaired) electrons. The lowest BCUT2D eigenvalue weighted by Gasteiger charge is -2.15. The van der Waals surface area contributed by atoms with E-state index in [9.17, 15) is 0 Å². The molecule has 0 aliphatic rings. The Labute approximate surface area is 171 Å². The molecular weight excluding hydrogens is 352 g/mol. The van der Waals surface area contributed by atoms with Crippen molar-refractivity contribution in [1.29, 1.82) is 0 Å². The van der Waals surface area contributed by atoms with Gasteiger partial charge in [0.2, 0.25) is 0 Å². The molecule has 0 atom stereocenters. The third-order valence-electron chi connectivity index (χ3n) is 5.66. The lowest BCUT2D eigenvalue weighted by molar-refractivity contribution is 0.856. The molecule has 2 aromatic heterocycles. The lowest BCUT2D eigenvalue weighted by atomic mass is 9.93. The SMILES string of the molecule is CC(C)c1c(-c2ccccc2)ncc2c1c1ccccc1n2Cc1ccccc1. The van der Waals surface area contributed by atoms with E-state index in [0.29, 0.717) is 5.92 Å². The summed E-state index contributed by atoms with van der Waals surface area (Å²) in [6.07, 6.45) is 2.06. The summed E-state index contributed by atoms with van der Waals surface area (Å²) in [6, 6.07) is 30.0. The summed E-state index contributed by atoms with van der Waals surface area (Å²) >= 11 is 0. The molecule has 2 heterocycles. The van der Waals surface area contributed by atoms with E-state index in [-0.39, 0.29) is 0 Å². The molecule has 5 aromatic rings. The summed E-state index contributed by atoms with van der Waals surface area (Å²) in [5, 5.41) is 2.64. The largest absolute Gasteiger partial charge is 0.335 e. The highest BCUT2D eigenvalue weighted by molar-refractivity contribution is 6.11. The highest BCUT2D eigenvalue weighted by Crippen LogP contribution is 2.39. The summed E-state index contributed by atoms with van der Waals surface area (Å²) in [6.45, 7) is 5.38. The molecule has 0 aliphatic heterocycles. The molecule has 0 amide bonds. The minimum atomic E-state index is 0.373. The van der Waals surface area contributed by atoms with Crippen molar-refractivity contribution in [2.75, 3.05) is 0 Å². The fraction of sp³-hybridized carbons (Fsp3) is 0.148. The summed E-state index contributed by atoms with van der Waals surface area (Å²) in [5.41, 5.74) is 7.37. The van der Waals surface area contributed by atoms with Crippen molar-refractivity contribution in [3.8, 4) is 11.3 Å². The van der Waals surface area contributed by atoms with Gasteiger partial charge in [-0.2, -0.15) is 0 Å². The molecule has 2 heteroatoms. The van der Waals surface area contributed by atoms with Gasteiger partial charge < -0.3 is 4.57 Å². The maximum Gasteiger partial charge on any atom is 0.0744 e. The minimum Gasteiger partial charge on any atom is -0.335 e. The van der Waals surface area contributed by atoms with Crippen LogP contribution in [-0.2, 0) is 6.54 Å². The van der Waals surface area contributed by atoms with Crippen LogP contribution >= 0.6 is 0 Å². The predicted octanol–water partition coefficient (Wildman–Crippen LogP) is 7.03. The van der Waals surface area contributed by atoms with Gasteiger partial charge >= 0.3 is 0 Å². The number of rotatable bonds is 4. The molecule has 0 aliphatic carbocycles. The Morgan fingerprint density at radius 2 is 1.41 bits per heavy atom. The van der Waals surface area contributed by atoms with Crippen LogP contribution in [0.2, 0.25) is 0 Å².